The molecule has 6 heteroatoms. The Labute approximate surface area is 137 Å². The van der Waals surface area contributed by atoms with Crippen molar-refractivity contribution in [2.75, 3.05) is 18.8 Å². The Bertz CT molecular complexity index is 498. The van der Waals surface area contributed by atoms with Crippen molar-refractivity contribution in [2.45, 2.75) is 24.2 Å². The summed E-state index contributed by atoms with van der Waals surface area (Å²) in [4.78, 5) is 25.8. The second-order valence-electron chi connectivity index (χ2n) is 5.16. The van der Waals surface area contributed by atoms with Crippen LogP contribution in [-0.2, 0) is 9.59 Å². The lowest BCUT2D eigenvalue weighted by Crippen LogP contribution is -2.39. The second-order valence-corrected chi connectivity index (χ2v) is 7.13. The summed E-state index contributed by atoms with van der Waals surface area (Å²) in [5.74, 6) is 0.0403. The number of carbonyl (C=O) groups is 2. The first-order valence-electron chi connectivity index (χ1n) is 6.92. The molecule has 1 aromatic carbocycles. The van der Waals surface area contributed by atoms with Gasteiger partial charge in [0, 0.05) is 28.9 Å². The molecule has 1 fully saturated rings. The van der Waals surface area contributed by atoms with E-state index in [9.17, 15) is 9.59 Å². The van der Waals surface area contributed by atoms with E-state index in [-0.39, 0.29) is 18.2 Å². The Morgan fingerprint density at radius 1 is 1.24 bits per heavy atom. The highest BCUT2D eigenvalue weighted by atomic mass is 79.9. The summed E-state index contributed by atoms with van der Waals surface area (Å²) in [6.07, 6.45) is 1.80. The molecule has 2 rings (SSSR count). The van der Waals surface area contributed by atoms with Crippen LogP contribution >= 0.6 is 27.7 Å². The minimum absolute atomic E-state index is 0.136. The number of amides is 1. The summed E-state index contributed by atoms with van der Waals surface area (Å²) in [6.45, 7) is 1.36. The fourth-order valence-electron chi connectivity index (χ4n) is 2.40. The van der Waals surface area contributed by atoms with Crippen LogP contribution in [0.25, 0.3) is 0 Å². The molecule has 1 heterocycles. The molecule has 1 saturated heterocycles. The van der Waals surface area contributed by atoms with Crippen molar-refractivity contribution in [3.05, 3.63) is 28.7 Å². The van der Waals surface area contributed by atoms with E-state index < -0.39 is 5.97 Å². The number of nitrogens with zero attached hydrogens (tertiary/aromatic N) is 1. The Balaban J connectivity index is 1.74. The maximum absolute atomic E-state index is 12.1. The molecule has 0 radical (unpaired) electrons. The SMILES string of the molecule is O=C(O)CC1CCN(C(=O)CSc2ccc(Br)cc2)CC1. The number of thioether (sulfide) groups is 1. The molecular weight excluding hydrogens is 354 g/mol. The third-order valence-electron chi connectivity index (χ3n) is 3.61. The first-order chi connectivity index (χ1) is 10.0. The fraction of sp³-hybridized carbons (Fsp3) is 0.467. The summed E-state index contributed by atoms with van der Waals surface area (Å²) >= 11 is 4.92. The lowest BCUT2D eigenvalue weighted by molar-refractivity contribution is -0.138. The first-order valence-corrected chi connectivity index (χ1v) is 8.70. The maximum Gasteiger partial charge on any atom is 0.303 e. The first kappa shape index (κ1) is 16.4. The monoisotopic (exact) mass is 371 g/mol. The molecule has 1 amide bonds. The molecule has 0 aliphatic carbocycles. The highest BCUT2D eigenvalue weighted by Crippen LogP contribution is 2.24. The minimum atomic E-state index is -0.745. The average Bonchev–Trinajstić information content (AvgIpc) is 2.46. The van der Waals surface area contributed by atoms with E-state index >= 15 is 0 Å². The lowest BCUT2D eigenvalue weighted by Gasteiger charge is -2.31. The van der Waals surface area contributed by atoms with Gasteiger partial charge in [-0.1, -0.05) is 15.9 Å². The number of likely N-dealkylation sites (tertiary alicyclic amines) is 1. The van der Waals surface area contributed by atoms with E-state index in [1.807, 2.05) is 29.2 Å². The number of aliphatic carboxylic acids is 1. The molecule has 1 aliphatic rings. The van der Waals surface area contributed by atoms with Gasteiger partial charge in [-0.05, 0) is 43.0 Å². The van der Waals surface area contributed by atoms with Crippen LogP contribution in [0, 0.1) is 5.92 Å². The zero-order valence-corrected chi connectivity index (χ0v) is 14.0. The zero-order valence-electron chi connectivity index (χ0n) is 11.6. The molecule has 1 aliphatic heterocycles. The third-order valence-corrected chi connectivity index (χ3v) is 5.13. The van der Waals surface area contributed by atoms with Gasteiger partial charge in [-0.15, -0.1) is 11.8 Å². The van der Waals surface area contributed by atoms with Crippen LogP contribution in [0.4, 0.5) is 0 Å². The van der Waals surface area contributed by atoms with Crippen molar-refractivity contribution in [3.8, 4) is 0 Å². The van der Waals surface area contributed by atoms with Crippen LogP contribution in [0.15, 0.2) is 33.6 Å². The van der Waals surface area contributed by atoms with Crippen molar-refractivity contribution in [1.29, 1.82) is 0 Å². The van der Waals surface area contributed by atoms with E-state index in [2.05, 4.69) is 15.9 Å². The summed E-state index contributed by atoms with van der Waals surface area (Å²) in [7, 11) is 0. The number of halogens is 1. The third kappa shape index (κ3) is 5.36. The van der Waals surface area contributed by atoms with Crippen molar-refractivity contribution >= 4 is 39.6 Å². The highest BCUT2D eigenvalue weighted by Gasteiger charge is 2.24. The average molecular weight is 372 g/mol. The molecule has 0 unspecified atom stereocenters. The van der Waals surface area contributed by atoms with Gasteiger partial charge in [0.2, 0.25) is 5.91 Å². The van der Waals surface area contributed by atoms with Gasteiger partial charge >= 0.3 is 5.97 Å². The Kier molecular flexibility index (Phi) is 6.11. The van der Waals surface area contributed by atoms with Crippen molar-refractivity contribution in [3.63, 3.8) is 0 Å². The van der Waals surface area contributed by atoms with Crippen LogP contribution in [0.3, 0.4) is 0 Å². The van der Waals surface area contributed by atoms with Crippen molar-refractivity contribution in [1.82, 2.24) is 4.90 Å². The van der Waals surface area contributed by atoms with Gasteiger partial charge in [0.25, 0.3) is 0 Å². The zero-order chi connectivity index (χ0) is 15.2. The van der Waals surface area contributed by atoms with Crippen LogP contribution < -0.4 is 0 Å². The van der Waals surface area contributed by atoms with Crippen molar-refractivity contribution in [2.24, 2.45) is 5.92 Å². The van der Waals surface area contributed by atoms with Gasteiger partial charge < -0.3 is 10.0 Å². The number of hydrogen-bond acceptors (Lipinski definition) is 3. The Hall–Kier alpha value is -1.01. The molecule has 21 heavy (non-hydrogen) atoms. The van der Waals surface area contributed by atoms with Gasteiger partial charge in [-0.2, -0.15) is 0 Å². The summed E-state index contributed by atoms with van der Waals surface area (Å²) in [6, 6.07) is 7.90. The molecule has 0 bridgehead atoms. The number of carbonyl (C=O) groups excluding carboxylic acids is 1. The summed E-state index contributed by atoms with van der Waals surface area (Å²) in [5, 5.41) is 8.78. The molecule has 1 N–H and O–H groups in total. The molecule has 0 saturated carbocycles. The number of hydrogen-bond donors (Lipinski definition) is 1. The van der Waals surface area contributed by atoms with E-state index in [0.29, 0.717) is 18.8 Å². The highest BCUT2D eigenvalue weighted by molar-refractivity contribution is 9.10. The molecule has 0 aromatic heterocycles. The van der Waals surface area contributed by atoms with Gasteiger partial charge in [0.05, 0.1) is 5.75 Å². The number of carboxylic acids is 1. The molecule has 114 valence electrons. The molecule has 0 spiro atoms. The lowest BCUT2D eigenvalue weighted by atomic mass is 9.94. The smallest absolute Gasteiger partial charge is 0.303 e. The van der Waals surface area contributed by atoms with Gasteiger partial charge in [-0.3, -0.25) is 9.59 Å². The van der Waals surface area contributed by atoms with Gasteiger partial charge in [0.15, 0.2) is 0 Å². The van der Waals surface area contributed by atoms with Crippen LogP contribution in [-0.4, -0.2) is 40.7 Å². The van der Waals surface area contributed by atoms with Crippen LogP contribution in [0.1, 0.15) is 19.3 Å². The fourth-order valence-corrected chi connectivity index (χ4v) is 3.47. The second kappa shape index (κ2) is 7.84. The minimum Gasteiger partial charge on any atom is -0.481 e. The topological polar surface area (TPSA) is 57.6 Å². The summed E-state index contributed by atoms with van der Waals surface area (Å²) in [5.41, 5.74) is 0. The van der Waals surface area contributed by atoms with Gasteiger partial charge in [-0.25, -0.2) is 0 Å². The molecule has 4 nitrogen and oxygen atoms in total. The largest absolute Gasteiger partial charge is 0.481 e. The van der Waals surface area contributed by atoms with Gasteiger partial charge in [0.1, 0.15) is 0 Å². The maximum atomic E-state index is 12.1. The predicted octanol–water partition coefficient (Wildman–Crippen LogP) is 3.25. The number of piperidine rings is 1. The van der Waals surface area contributed by atoms with Crippen LogP contribution in [0.5, 0.6) is 0 Å². The molecular formula is C15H18BrNO3S. The number of carboxylic acid groups (broad SMARTS) is 1. The van der Waals surface area contributed by atoms with E-state index in [4.69, 9.17) is 5.11 Å². The quantitative estimate of drug-likeness (QED) is 0.807. The Morgan fingerprint density at radius 3 is 2.43 bits per heavy atom. The predicted molar refractivity (Wildman–Crippen MR) is 86.4 cm³/mol. The standard InChI is InChI=1S/C15H18BrNO3S/c16-12-1-3-13(4-2-12)21-10-14(18)17-7-5-11(6-8-17)9-15(19)20/h1-4,11H,5-10H2,(H,19,20). The Morgan fingerprint density at radius 2 is 1.86 bits per heavy atom. The van der Waals surface area contributed by atoms with E-state index in [1.54, 1.807) is 0 Å². The number of rotatable bonds is 5. The molecule has 0 atom stereocenters. The van der Waals surface area contributed by atoms with Crippen molar-refractivity contribution < 1.29 is 14.7 Å². The normalized spacial score (nSPS) is 16.0. The summed E-state index contributed by atoms with van der Waals surface area (Å²) < 4.78 is 1.03. The molecule has 1 aromatic rings. The van der Waals surface area contributed by atoms with Crippen LogP contribution in [0.2, 0.25) is 0 Å². The van der Waals surface area contributed by atoms with E-state index in [0.717, 1.165) is 22.2 Å². The van der Waals surface area contributed by atoms with E-state index in [1.165, 1.54) is 11.8 Å². The number of benzene rings is 1.